The van der Waals surface area contributed by atoms with E-state index < -0.39 is 4.92 Å². The Morgan fingerprint density at radius 1 is 1.10 bits per heavy atom. The molecule has 0 saturated heterocycles. The van der Waals surface area contributed by atoms with Gasteiger partial charge in [-0.25, -0.2) is 4.99 Å². The van der Waals surface area contributed by atoms with Gasteiger partial charge in [0.15, 0.2) is 11.6 Å². The summed E-state index contributed by atoms with van der Waals surface area (Å²) in [6, 6.07) is 19.5. The van der Waals surface area contributed by atoms with Gasteiger partial charge in [0.05, 0.1) is 23.4 Å². The van der Waals surface area contributed by atoms with Crippen LogP contribution in [0.4, 0.5) is 11.4 Å². The minimum Gasteiger partial charge on any atom is -0.490 e. The number of aliphatic imine (C=N–C) groups is 1. The first-order valence-electron chi connectivity index (χ1n) is 8.67. The fraction of sp³-hybridized carbons (Fsp3) is 0.0476. The average Bonchev–Trinajstić information content (AvgIpc) is 2.77. The van der Waals surface area contributed by atoms with E-state index in [1.807, 2.05) is 48.5 Å². The molecular formula is C21H19N5O3. The molecule has 8 heteroatoms. The molecule has 0 aliphatic carbocycles. The van der Waals surface area contributed by atoms with E-state index in [1.54, 1.807) is 12.3 Å². The third-order valence-corrected chi connectivity index (χ3v) is 3.96. The van der Waals surface area contributed by atoms with Crippen LogP contribution in [0.3, 0.4) is 0 Å². The van der Waals surface area contributed by atoms with Crippen molar-refractivity contribution in [2.24, 2.45) is 4.99 Å². The molecule has 1 heterocycles. The van der Waals surface area contributed by atoms with Gasteiger partial charge >= 0.3 is 5.69 Å². The Balaban J connectivity index is 1.83. The predicted molar refractivity (Wildman–Crippen MR) is 112 cm³/mol. The number of benzene rings is 2. The summed E-state index contributed by atoms with van der Waals surface area (Å²) in [5, 5.41) is 11.2. The predicted octanol–water partition coefficient (Wildman–Crippen LogP) is 3.84. The number of pyridine rings is 1. The van der Waals surface area contributed by atoms with Crippen molar-refractivity contribution >= 4 is 22.9 Å². The van der Waals surface area contributed by atoms with E-state index in [0.29, 0.717) is 22.8 Å². The summed E-state index contributed by atoms with van der Waals surface area (Å²) in [6.45, 7) is 3.94. The van der Waals surface area contributed by atoms with Crippen LogP contribution in [0, 0.1) is 10.1 Å². The molecule has 3 aromatic rings. The molecule has 146 valence electrons. The Bertz CT molecular complexity index is 1040. The molecule has 0 saturated carbocycles. The summed E-state index contributed by atoms with van der Waals surface area (Å²) in [5.41, 5.74) is 8.12. The molecule has 0 amide bonds. The highest BCUT2D eigenvalue weighted by Crippen LogP contribution is 2.29. The highest BCUT2D eigenvalue weighted by atomic mass is 16.6. The van der Waals surface area contributed by atoms with Crippen LogP contribution in [0.1, 0.15) is 11.3 Å². The van der Waals surface area contributed by atoms with E-state index >= 15 is 0 Å². The number of amidine groups is 1. The molecule has 0 aliphatic rings. The van der Waals surface area contributed by atoms with Crippen LogP contribution < -0.4 is 15.6 Å². The quantitative estimate of drug-likeness (QED) is 0.275. The average molecular weight is 389 g/mol. The molecule has 0 spiro atoms. The van der Waals surface area contributed by atoms with Gasteiger partial charge in [-0.3, -0.25) is 25.9 Å². The fourth-order valence-corrected chi connectivity index (χ4v) is 2.51. The zero-order valence-electron chi connectivity index (χ0n) is 15.7. The zero-order chi connectivity index (χ0) is 20.6. The molecule has 3 rings (SSSR count). The van der Waals surface area contributed by atoms with Gasteiger partial charge in [-0.2, -0.15) is 0 Å². The van der Waals surface area contributed by atoms with Gasteiger partial charge in [0.2, 0.25) is 0 Å². The number of hydrogen-bond acceptors (Lipinski definition) is 6. The number of methoxy groups -OCH3 is 1. The molecule has 2 aromatic carbocycles. The summed E-state index contributed by atoms with van der Waals surface area (Å²) >= 11 is 0. The van der Waals surface area contributed by atoms with Gasteiger partial charge in [-0.1, -0.05) is 30.8 Å². The maximum Gasteiger partial charge on any atom is 0.311 e. The lowest BCUT2D eigenvalue weighted by atomic mass is 10.1. The van der Waals surface area contributed by atoms with Crippen molar-refractivity contribution in [2.75, 3.05) is 7.11 Å². The topological polar surface area (TPSA) is 102 Å². The minimum atomic E-state index is -0.501. The number of hydrogen-bond donors (Lipinski definition) is 2. The maximum absolute atomic E-state index is 11.2. The van der Waals surface area contributed by atoms with E-state index in [9.17, 15) is 10.1 Å². The first kappa shape index (κ1) is 19.6. The number of nitrogens with zero attached hydrogens (tertiary/aromatic N) is 3. The van der Waals surface area contributed by atoms with Crippen molar-refractivity contribution in [3.8, 4) is 5.75 Å². The zero-order valence-corrected chi connectivity index (χ0v) is 15.7. The van der Waals surface area contributed by atoms with E-state index in [-0.39, 0.29) is 11.4 Å². The smallest absolute Gasteiger partial charge is 0.311 e. The van der Waals surface area contributed by atoms with E-state index in [0.717, 1.165) is 5.69 Å². The SMILES string of the molecule is C=C(NNC(=Nc1ccccc1)c1ccccn1)c1ccc(OC)c([N+](=O)[O-])c1. The fourth-order valence-electron chi connectivity index (χ4n) is 2.51. The van der Waals surface area contributed by atoms with Gasteiger partial charge in [0.25, 0.3) is 0 Å². The first-order chi connectivity index (χ1) is 14.1. The Labute approximate surface area is 167 Å². The van der Waals surface area contributed by atoms with Gasteiger partial charge in [-0.15, -0.1) is 0 Å². The molecule has 2 N–H and O–H groups in total. The number of aromatic nitrogens is 1. The molecule has 0 aliphatic heterocycles. The normalized spacial score (nSPS) is 10.9. The summed E-state index contributed by atoms with van der Waals surface area (Å²) < 4.78 is 5.03. The molecule has 0 atom stereocenters. The van der Waals surface area contributed by atoms with Crippen molar-refractivity contribution in [1.29, 1.82) is 0 Å². The second-order valence-electron chi connectivity index (χ2n) is 5.88. The van der Waals surface area contributed by atoms with Gasteiger partial charge in [0, 0.05) is 17.8 Å². The van der Waals surface area contributed by atoms with Crippen LogP contribution in [-0.4, -0.2) is 22.9 Å². The molecular weight excluding hydrogens is 370 g/mol. The Kier molecular flexibility index (Phi) is 6.16. The standard InChI is InChI=1S/C21H19N5O3/c1-15(16-11-12-20(29-2)19(14-16)26(27)28)24-25-21(18-10-6-7-13-22-18)23-17-8-4-3-5-9-17/h3-14,24H,1H2,2H3,(H,23,25). The van der Waals surface area contributed by atoms with E-state index in [1.165, 1.54) is 19.2 Å². The lowest BCUT2D eigenvalue weighted by Crippen LogP contribution is -2.37. The number of hydrazine groups is 1. The second-order valence-corrected chi connectivity index (χ2v) is 5.88. The highest BCUT2D eigenvalue weighted by molar-refractivity contribution is 5.98. The third-order valence-electron chi connectivity index (χ3n) is 3.96. The van der Waals surface area contributed by atoms with Crippen LogP contribution in [-0.2, 0) is 0 Å². The molecule has 29 heavy (non-hydrogen) atoms. The van der Waals surface area contributed by atoms with Crippen molar-refractivity contribution < 1.29 is 9.66 Å². The summed E-state index contributed by atoms with van der Waals surface area (Å²) in [5.74, 6) is 0.653. The number of nitro benzene ring substituents is 1. The molecule has 0 unspecified atom stereocenters. The first-order valence-corrected chi connectivity index (χ1v) is 8.67. The monoisotopic (exact) mass is 389 g/mol. The number of para-hydroxylation sites is 1. The van der Waals surface area contributed by atoms with Crippen LogP contribution in [0.25, 0.3) is 5.70 Å². The van der Waals surface area contributed by atoms with Crippen molar-refractivity contribution in [1.82, 2.24) is 15.8 Å². The van der Waals surface area contributed by atoms with Crippen molar-refractivity contribution in [2.45, 2.75) is 0 Å². The van der Waals surface area contributed by atoms with E-state index in [4.69, 9.17) is 4.74 Å². The number of ether oxygens (including phenoxy) is 1. The van der Waals surface area contributed by atoms with Crippen molar-refractivity contribution in [3.05, 3.63) is 101 Å². The van der Waals surface area contributed by atoms with Crippen LogP contribution >= 0.6 is 0 Å². The van der Waals surface area contributed by atoms with Crippen LogP contribution in [0.2, 0.25) is 0 Å². The Hall–Kier alpha value is -4.20. The van der Waals surface area contributed by atoms with Crippen LogP contribution in [0.15, 0.2) is 84.5 Å². The third kappa shape index (κ3) is 4.95. The highest BCUT2D eigenvalue weighted by Gasteiger charge is 2.16. The van der Waals surface area contributed by atoms with Gasteiger partial charge in [-0.05, 0) is 36.4 Å². The lowest BCUT2D eigenvalue weighted by molar-refractivity contribution is -0.385. The molecule has 0 fully saturated rings. The largest absolute Gasteiger partial charge is 0.490 e. The number of nitrogens with one attached hydrogen (secondary N) is 2. The summed E-state index contributed by atoms with van der Waals surface area (Å²) in [4.78, 5) is 19.6. The van der Waals surface area contributed by atoms with Crippen LogP contribution in [0.5, 0.6) is 5.75 Å². The summed E-state index contributed by atoms with van der Waals surface area (Å²) in [6.07, 6.45) is 1.67. The van der Waals surface area contributed by atoms with Gasteiger partial charge < -0.3 is 4.74 Å². The lowest BCUT2D eigenvalue weighted by Gasteiger charge is -2.14. The summed E-state index contributed by atoms with van der Waals surface area (Å²) in [7, 11) is 1.38. The molecule has 0 radical (unpaired) electrons. The van der Waals surface area contributed by atoms with Gasteiger partial charge in [0.1, 0.15) is 5.69 Å². The Morgan fingerprint density at radius 3 is 2.52 bits per heavy atom. The maximum atomic E-state index is 11.2. The number of rotatable bonds is 7. The molecule has 8 nitrogen and oxygen atoms in total. The van der Waals surface area contributed by atoms with E-state index in [2.05, 4.69) is 27.4 Å². The van der Waals surface area contributed by atoms with Crippen molar-refractivity contribution in [3.63, 3.8) is 0 Å². The minimum absolute atomic E-state index is 0.143. The molecule has 0 bridgehead atoms. The Morgan fingerprint density at radius 2 is 1.86 bits per heavy atom. The second kappa shape index (κ2) is 9.14. The molecule has 1 aromatic heterocycles. The number of nitro groups is 1.